The van der Waals surface area contributed by atoms with Gasteiger partial charge in [-0.05, 0) is 73.5 Å². The van der Waals surface area contributed by atoms with Gasteiger partial charge in [0.05, 0.1) is 22.6 Å². The lowest BCUT2D eigenvalue weighted by Crippen LogP contribution is -2.39. The summed E-state index contributed by atoms with van der Waals surface area (Å²) < 4.78 is 3.53. The van der Waals surface area contributed by atoms with E-state index in [0.717, 1.165) is 40.3 Å². The maximum Gasteiger partial charge on any atom is 0.266 e. The molecule has 0 fully saturated rings. The molecule has 0 saturated carbocycles. The number of fused-ring (bicyclic) bond motifs is 1. The first-order valence-electron chi connectivity index (χ1n) is 12.8. The van der Waals surface area contributed by atoms with Gasteiger partial charge in [0.1, 0.15) is 5.82 Å². The predicted molar refractivity (Wildman–Crippen MR) is 157 cm³/mol. The van der Waals surface area contributed by atoms with E-state index in [1.54, 1.807) is 10.6 Å². The Balaban J connectivity index is 1.88. The van der Waals surface area contributed by atoms with Crippen LogP contribution >= 0.6 is 31.9 Å². The Morgan fingerprint density at radius 2 is 1.54 bits per heavy atom. The summed E-state index contributed by atoms with van der Waals surface area (Å²) in [5, 5.41) is 0.553. The third kappa shape index (κ3) is 6.21. The number of rotatable bonds is 10. The molecular weight excluding hydrogens is 594 g/mol. The van der Waals surface area contributed by atoms with Crippen LogP contribution in [0.1, 0.15) is 68.2 Å². The summed E-state index contributed by atoms with van der Waals surface area (Å²) in [4.78, 5) is 34.7. The van der Waals surface area contributed by atoms with Crippen molar-refractivity contribution in [2.24, 2.45) is 0 Å². The van der Waals surface area contributed by atoms with Gasteiger partial charge in [-0.25, -0.2) is 4.98 Å². The van der Waals surface area contributed by atoms with Crippen molar-refractivity contribution in [3.63, 3.8) is 0 Å². The number of benzene rings is 3. The molecule has 1 aromatic heterocycles. The van der Waals surface area contributed by atoms with E-state index in [0.29, 0.717) is 35.3 Å². The largest absolute Gasteiger partial charge is 0.328 e. The molecule has 0 radical (unpaired) electrons. The number of nitrogens with zero attached hydrogens (tertiary/aromatic N) is 3. The molecule has 0 spiro atoms. The van der Waals surface area contributed by atoms with Gasteiger partial charge in [-0.2, -0.15) is 0 Å². The van der Waals surface area contributed by atoms with Crippen LogP contribution in [0.15, 0.2) is 86.5 Å². The Kier molecular flexibility index (Phi) is 9.33. The third-order valence-corrected chi connectivity index (χ3v) is 7.61. The van der Waals surface area contributed by atoms with Gasteiger partial charge in [-0.3, -0.25) is 14.2 Å². The molecule has 0 N–H and O–H groups in total. The molecule has 192 valence electrons. The van der Waals surface area contributed by atoms with Crippen molar-refractivity contribution in [3.8, 4) is 5.69 Å². The van der Waals surface area contributed by atoms with Crippen molar-refractivity contribution in [2.75, 3.05) is 6.54 Å². The molecule has 0 bridgehead atoms. The number of carbonyl (C=O) groups is 1. The van der Waals surface area contributed by atoms with E-state index < -0.39 is 0 Å². The van der Waals surface area contributed by atoms with E-state index in [-0.39, 0.29) is 17.5 Å². The van der Waals surface area contributed by atoms with E-state index in [9.17, 15) is 9.59 Å². The summed E-state index contributed by atoms with van der Waals surface area (Å²) in [6.07, 6.45) is 4.80. The molecule has 3 aromatic carbocycles. The predicted octanol–water partition coefficient (Wildman–Crippen LogP) is 8.08. The molecule has 4 aromatic rings. The molecule has 0 aliphatic carbocycles. The van der Waals surface area contributed by atoms with Gasteiger partial charge >= 0.3 is 0 Å². The lowest BCUT2D eigenvalue weighted by atomic mass is 10.1. The first kappa shape index (κ1) is 27.3. The number of hydrogen-bond donors (Lipinski definition) is 0. The van der Waals surface area contributed by atoms with Crippen LogP contribution in [0, 0.1) is 0 Å². The summed E-state index contributed by atoms with van der Waals surface area (Å²) in [5.74, 6) is 0.523. The van der Waals surface area contributed by atoms with E-state index in [1.807, 2.05) is 78.6 Å². The van der Waals surface area contributed by atoms with Crippen molar-refractivity contribution in [1.82, 2.24) is 14.5 Å². The van der Waals surface area contributed by atoms with Gasteiger partial charge < -0.3 is 4.90 Å². The minimum absolute atomic E-state index is 0.0550. The van der Waals surface area contributed by atoms with Crippen molar-refractivity contribution in [1.29, 1.82) is 0 Å². The Bertz CT molecular complexity index is 1420. The second kappa shape index (κ2) is 12.7. The number of hydrogen-bond acceptors (Lipinski definition) is 3. The molecule has 5 nitrogen and oxygen atoms in total. The fourth-order valence-electron chi connectivity index (χ4n) is 4.62. The van der Waals surface area contributed by atoms with Crippen LogP contribution in [0.25, 0.3) is 16.6 Å². The van der Waals surface area contributed by atoms with E-state index >= 15 is 0 Å². The average Bonchev–Trinajstić information content (AvgIpc) is 2.91. The minimum atomic E-state index is -0.376. The first-order valence-corrected chi connectivity index (χ1v) is 14.4. The zero-order valence-electron chi connectivity index (χ0n) is 21.2. The number of carbonyl (C=O) groups excluding carboxylic acids is 1. The molecule has 1 amide bonds. The van der Waals surface area contributed by atoms with Crippen LogP contribution in [0.4, 0.5) is 0 Å². The molecule has 0 saturated heterocycles. The molecule has 0 aliphatic rings. The molecule has 4 rings (SSSR count). The molecule has 1 heterocycles. The van der Waals surface area contributed by atoms with E-state index in [4.69, 9.17) is 4.98 Å². The Morgan fingerprint density at radius 1 is 0.892 bits per heavy atom. The third-order valence-electron chi connectivity index (χ3n) is 6.55. The highest BCUT2D eigenvalue weighted by atomic mass is 79.9. The van der Waals surface area contributed by atoms with Crippen LogP contribution < -0.4 is 5.56 Å². The normalized spacial score (nSPS) is 12.0. The van der Waals surface area contributed by atoms with Crippen molar-refractivity contribution in [3.05, 3.63) is 103 Å². The smallest absolute Gasteiger partial charge is 0.266 e. The van der Waals surface area contributed by atoms with E-state index in [2.05, 4.69) is 38.8 Å². The summed E-state index contributed by atoms with van der Waals surface area (Å²) in [5.41, 5.74) is 1.84. The van der Waals surface area contributed by atoms with Crippen molar-refractivity contribution >= 4 is 48.7 Å². The minimum Gasteiger partial charge on any atom is -0.328 e. The summed E-state index contributed by atoms with van der Waals surface area (Å²) in [6, 6.07) is 22.1. The monoisotopic (exact) mass is 623 g/mol. The average molecular weight is 625 g/mol. The SMILES string of the molecule is CCCCCCN(C(=O)c1ccc(Br)cc1)C(CC)c1nc2ccccc2c(=O)n1-c1ccc(Br)cc1. The first-order chi connectivity index (χ1) is 17.9. The maximum absolute atomic E-state index is 13.9. The zero-order valence-corrected chi connectivity index (χ0v) is 24.3. The molecule has 0 aliphatic heterocycles. The lowest BCUT2D eigenvalue weighted by molar-refractivity contribution is 0.0654. The second-order valence-corrected chi connectivity index (χ2v) is 10.9. The molecule has 1 atom stereocenters. The zero-order chi connectivity index (χ0) is 26.4. The number of halogens is 2. The van der Waals surface area contributed by atoms with Crippen LogP contribution in [0.2, 0.25) is 0 Å². The number of aromatic nitrogens is 2. The highest BCUT2D eigenvalue weighted by Crippen LogP contribution is 2.29. The maximum atomic E-state index is 13.9. The Morgan fingerprint density at radius 3 is 2.19 bits per heavy atom. The van der Waals surface area contributed by atoms with Crippen molar-refractivity contribution < 1.29 is 4.79 Å². The highest BCUT2D eigenvalue weighted by Gasteiger charge is 2.29. The summed E-state index contributed by atoms with van der Waals surface area (Å²) in [6.45, 7) is 4.82. The quantitative estimate of drug-likeness (QED) is 0.168. The number of amides is 1. The van der Waals surface area contributed by atoms with Gasteiger partial charge in [-0.1, -0.05) is 77.1 Å². The summed E-state index contributed by atoms with van der Waals surface area (Å²) in [7, 11) is 0. The van der Waals surface area contributed by atoms with Crippen LogP contribution in [-0.2, 0) is 0 Å². The molecule has 1 unspecified atom stereocenters. The topological polar surface area (TPSA) is 55.2 Å². The van der Waals surface area contributed by atoms with Gasteiger partial charge in [0.15, 0.2) is 0 Å². The fraction of sp³-hybridized carbons (Fsp3) is 0.300. The second-order valence-electron chi connectivity index (χ2n) is 9.09. The van der Waals surface area contributed by atoms with Gasteiger partial charge in [0, 0.05) is 21.1 Å². The van der Waals surface area contributed by atoms with Gasteiger partial charge in [-0.15, -0.1) is 0 Å². The van der Waals surface area contributed by atoms with E-state index in [1.165, 1.54) is 0 Å². The van der Waals surface area contributed by atoms with Crippen molar-refractivity contribution in [2.45, 2.75) is 52.0 Å². The highest BCUT2D eigenvalue weighted by molar-refractivity contribution is 9.10. The molecule has 7 heteroatoms. The summed E-state index contributed by atoms with van der Waals surface area (Å²) >= 11 is 6.96. The molecular formula is C30H31Br2N3O2. The Hall–Kier alpha value is -2.77. The van der Waals surface area contributed by atoms with Crippen LogP contribution in [0.5, 0.6) is 0 Å². The fourth-order valence-corrected chi connectivity index (χ4v) is 5.15. The van der Waals surface area contributed by atoms with Gasteiger partial charge in [0.2, 0.25) is 0 Å². The van der Waals surface area contributed by atoms with Gasteiger partial charge in [0.25, 0.3) is 11.5 Å². The standard InChI is InChI=1S/C30H31Br2N3O2/c1-3-5-6-9-20-34(29(36)21-12-14-22(31)15-13-21)27(4-2)28-33-26-11-8-7-10-25(26)30(37)35(28)24-18-16-23(32)17-19-24/h7-8,10-19,27H,3-6,9,20H2,1-2H3. The molecule has 37 heavy (non-hydrogen) atoms. The number of para-hydroxylation sites is 1. The Labute approximate surface area is 234 Å². The van der Waals surface area contributed by atoms with Crippen LogP contribution in [-0.4, -0.2) is 26.9 Å². The van der Waals surface area contributed by atoms with Crippen LogP contribution in [0.3, 0.4) is 0 Å². The lowest BCUT2D eigenvalue weighted by Gasteiger charge is -2.32. The number of unbranched alkanes of at least 4 members (excludes halogenated alkanes) is 3.